The average Bonchev–Trinajstić information content (AvgIpc) is 2.46. The Balaban J connectivity index is 1.91. The van der Waals surface area contributed by atoms with Gasteiger partial charge in [0.2, 0.25) is 0 Å². The van der Waals surface area contributed by atoms with Crippen molar-refractivity contribution in [3.05, 3.63) is 48.0 Å². The number of rotatable bonds is 7. The highest BCUT2D eigenvalue weighted by Gasteiger charge is 2.04. The summed E-state index contributed by atoms with van der Waals surface area (Å²) in [6.07, 6.45) is 2.28. The number of nitrogens with one attached hydrogen (secondary N) is 1. The molecule has 1 unspecified atom stereocenters. The molecule has 0 bridgehead atoms. The van der Waals surface area contributed by atoms with Gasteiger partial charge in [0.05, 0.1) is 0 Å². The molecule has 2 aromatic carbocycles. The molecule has 0 saturated heterocycles. The lowest BCUT2D eigenvalue weighted by molar-refractivity contribution is 0.192. The molecule has 0 fully saturated rings. The van der Waals surface area contributed by atoms with Gasteiger partial charge in [-0.25, -0.2) is 0 Å². The van der Waals surface area contributed by atoms with Gasteiger partial charge >= 0.3 is 0 Å². The SMILES string of the molecule is COCCCCNC(C)c1ccc2ccccc2c1. The quantitative estimate of drug-likeness (QED) is 0.759. The molecular formula is C17H23NO. The van der Waals surface area contributed by atoms with Gasteiger partial charge in [-0.05, 0) is 48.7 Å². The number of ether oxygens (including phenoxy) is 1. The van der Waals surface area contributed by atoms with Gasteiger partial charge in [-0.15, -0.1) is 0 Å². The molecule has 2 heteroatoms. The highest BCUT2D eigenvalue weighted by atomic mass is 16.5. The van der Waals surface area contributed by atoms with Crippen molar-refractivity contribution < 1.29 is 4.74 Å². The lowest BCUT2D eigenvalue weighted by atomic mass is 10.0. The first kappa shape index (κ1) is 14.0. The van der Waals surface area contributed by atoms with E-state index in [0.717, 1.165) is 26.0 Å². The molecule has 0 amide bonds. The van der Waals surface area contributed by atoms with Crippen LogP contribution in [0.3, 0.4) is 0 Å². The molecule has 2 aromatic rings. The Morgan fingerprint density at radius 2 is 1.84 bits per heavy atom. The lowest BCUT2D eigenvalue weighted by Gasteiger charge is -2.15. The summed E-state index contributed by atoms with van der Waals surface area (Å²) in [5.74, 6) is 0. The highest BCUT2D eigenvalue weighted by molar-refractivity contribution is 5.83. The maximum atomic E-state index is 5.05. The standard InChI is InChI=1S/C17H23NO/c1-14(18-11-5-6-12-19-2)16-10-9-15-7-3-4-8-17(15)13-16/h3-4,7-10,13-14,18H,5-6,11-12H2,1-2H3. The van der Waals surface area contributed by atoms with E-state index in [-0.39, 0.29) is 0 Å². The van der Waals surface area contributed by atoms with Gasteiger partial charge in [-0.3, -0.25) is 0 Å². The van der Waals surface area contributed by atoms with Crippen molar-refractivity contribution in [3.8, 4) is 0 Å². The Morgan fingerprint density at radius 3 is 2.63 bits per heavy atom. The van der Waals surface area contributed by atoms with Crippen molar-refractivity contribution in [1.29, 1.82) is 0 Å². The van der Waals surface area contributed by atoms with Gasteiger partial charge in [-0.1, -0.05) is 36.4 Å². The molecule has 0 saturated carbocycles. The zero-order valence-electron chi connectivity index (χ0n) is 11.9. The highest BCUT2D eigenvalue weighted by Crippen LogP contribution is 2.20. The minimum atomic E-state index is 0.396. The second-order valence-corrected chi connectivity index (χ2v) is 4.98. The summed E-state index contributed by atoms with van der Waals surface area (Å²) in [6.45, 7) is 4.11. The fraction of sp³-hybridized carbons (Fsp3) is 0.412. The summed E-state index contributed by atoms with van der Waals surface area (Å²) < 4.78 is 5.05. The predicted molar refractivity (Wildman–Crippen MR) is 81.5 cm³/mol. The molecule has 102 valence electrons. The normalized spacial score (nSPS) is 12.7. The lowest BCUT2D eigenvalue weighted by Crippen LogP contribution is -2.20. The molecule has 2 rings (SSSR count). The van der Waals surface area contributed by atoms with Crippen LogP contribution in [0.4, 0.5) is 0 Å². The Morgan fingerprint density at radius 1 is 1.05 bits per heavy atom. The van der Waals surface area contributed by atoms with Crippen molar-refractivity contribution in [2.24, 2.45) is 0 Å². The van der Waals surface area contributed by atoms with E-state index in [9.17, 15) is 0 Å². The van der Waals surface area contributed by atoms with Gasteiger partial charge in [0, 0.05) is 19.8 Å². The van der Waals surface area contributed by atoms with Crippen molar-refractivity contribution in [3.63, 3.8) is 0 Å². The number of fused-ring (bicyclic) bond motifs is 1. The third-order valence-electron chi connectivity index (χ3n) is 3.50. The molecule has 2 nitrogen and oxygen atoms in total. The summed E-state index contributed by atoms with van der Waals surface area (Å²) in [5, 5.41) is 6.18. The molecule has 0 aliphatic carbocycles. The third-order valence-corrected chi connectivity index (χ3v) is 3.50. The summed E-state index contributed by atoms with van der Waals surface area (Å²) in [7, 11) is 1.76. The van der Waals surface area contributed by atoms with Crippen molar-refractivity contribution >= 4 is 10.8 Å². The van der Waals surface area contributed by atoms with Gasteiger partial charge in [0.15, 0.2) is 0 Å². The molecule has 0 aromatic heterocycles. The molecule has 0 spiro atoms. The predicted octanol–water partition coefficient (Wildman–Crippen LogP) is 3.92. The Bertz CT molecular complexity index is 509. The topological polar surface area (TPSA) is 21.3 Å². The smallest absolute Gasteiger partial charge is 0.0462 e. The van der Waals surface area contributed by atoms with E-state index in [1.54, 1.807) is 7.11 Å². The Kier molecular flexibility index (Phi) is 5.37. The molecule has 1 N–H and O–H groups in total. The minimum Gasteiger partial charge on any atom is -0.385 e. The van der Waals surface area contributed by atoms with Gasteiger partial charge < -0.3 is 10.1 Å². The first-order chi connectivity index (χ1) is 9.31. The van der Waals surface area contributed by atoms with Gasteiger partial charge in [0.25, 0.3) is 0 Å². The zero-order chi connectivity index (χ0) is 13.5. The van der Waals surface area contributed by atoms with Crippen LogP contribution >= 0.6 is 0 Å². The fourth-order valence-electron chi connectivity index (χ4n) is 2.28. The van der Waals surface area contributed by atoms with Crippen LogP contribution in [0.2, 0.25) is 0 Å². The van der Waals surface area contributed by atoms with Crippen LogP contribution < -0.4 is 5.32 Å². The third kappa shape index (κ3) is 4.05. The van der Waals surface area contributed by atoms with Crippen LogP contribution in [0.1, 0.15) is 31.4 Å². The number of methoxy groups -OCH3 is 1. The second-order valence-electron chi connectivity index (χ2n) is 4.98. The maximum absolute atomic E-state index is 5.05. The van der Waals surface area contributed by atoms with E-state index in [2.05, 4.69) is 54.7 Å². The summed E-state index contributed by atoms with van der Waals surface area (Å²) in [5.41, 5.74) is 1.35. The van der Waals surface area contributed by atoms with E-state index >= 15 is 0 Å². The molecule has 0 radical (unpaired) electrons. The molecule has 0 aliphatic heterocycles. The first-order valence-corrected chi connectivity index (χ1v) is 7.02. The first-order valence-electron chi connectivity index (χ1n) is 7.02. The maximum Gasteiger partial charge on any atom is 0.0462 e. The molecule has 19 heavy (non-hydrogen) atoms. The summed E-state index contributed by atoms with van der Waals surface area (Å²) in [4.78, 5) is 0. The zero-order valence-corrected chi connectivity index (χ0v) is 11.9. The van der Waals surface area contributed by atoms with Crippen molar-refractivity contribution in [1.82, 2.24) is 5.32 Å². The second kappa shape index (κ2) is 7.27. The van der Waals surface area contributed by atoms with Crippen LogP contribution in [0, 0.1) is 0 Å². The van der Waals surface area contributed by atoms with Crippen LogP contribution in [0.15, 0.2) is 42.5 Å². The minimum absolute atomic E-state index is 0.396. The van der Waals surface area contributed by atoms with Gasteiger partial charge in [-0.2, -0.15) is 0 Å². The van der Waals surface area contributed by atoms with Crippen LogP contribution in [0.5, 0.6) is 0 Å². The number of hydrogen-bond donors (Lipinski definition) is 1. The van der Waals surface area contributed by atoms with Crippen LogP contribution in [0.25, 0.3) is 10.8 Å². The van der Waals surface area contributed by atoms with E-state index in [1.807, 2.05) is 0 Å². The van der Waals surface area contributed by atoms with E-state index in [4.69, 9.17) is 4.74 Å². The molecular weight excluding hydrogens is 234 g/mol. The summed E-state index contributed by atoms with van der Waals surface area (Å²) >= 11 is 0. The van der Waals surface area contributed by atoms with E-state index < -0.39 is 0 Å². The molecule has 0 heterocycles. The largest absolute Gasteiger partial charge is 0.385 e. The Hall–Kier alpha value is -1.38. The van der Waals surface area contributed by atoms with Crippen molar-refractivity contribution in [2.45, 2.75) is 25.8 Å². The fourth-order valence-corrected chi connectivity index (χ4v) is 2.28. The van der Waals surface area contributed by atoms with E-state index in [1.165, 1.54) is 16.3 Å². The van der Waals surface area contributed by atoms with Gasteiger partial charge in [0.1, 0.15) is 0 Å². The van der Waals surface area contributed by atoms with Crippen LogP contribution in [-0.4, -0.2) is 20.3 Å². The molecule has 0 aliphatic rings. The Labute approximate surface area is 115 Å². The van der Waals surface area contributed by atoms with E-state index in [0.29, 0.717) is 6.04 Å². The monoisotopic (exact) mass is 257 g/mol. The van der Waals surface area contributed by atoms with Crippen molar-refractivity contribution in [2.75, 3.05) is 20.3 Å². The summed E-state index contributed by atoms with van der Waals surface area (Å²) in [6, 6.07) is 15.6. The number of unbranched alkanes of at least 4 members (excludes halogenated alkanes) is 1. The average molecular weight is 257 g/mol. The molecule has 1 atom stereocenters. The number of benzene rings is 2. The van der Waals surface area contributed by atoms with Crippen LogP contribution in [-0.2, 0) is 4.74 Å². The number of hydrogen-bond acceptors (Lipinski definition) is 2.